The van der Waals surface area contributed by atoms with E-state index in [4.69, 9.17) is 0 Å². The monoisotopic (exact) mass is 242 g/mol. The van der Waals surface area contributed by atoms with E-state index in [0.29, 0.717) is 0 Å². The molecule has 0 radical (unpaired) electrons. The molecule has 1 atom stereocenters. The maximum Gasteiger partial charge on any atom is 0.127 e. The van der Waals surface area contributed by atoms with E-state index in [1.54, 1.807) is 9.80 Å². The molecule has 2 N–H and O–H groups in total. The first kappa shape index (κ1) is 15.0. The Morgan fingerprint density at radius 1 is 0.882 bits per heavy atom. The highest BCUT2D eigenvalue weighted by molar-refractivity contribution is 4.70. The van der Waals surface area contributed by atoms with Crippen molar-refractivity contribution in [2.45, 2.75) is 58.9 Å². The summed E-state index contributed by atoms with van der Waals surface area (Å²) in [6.07, 6.45) is 7.30. The van der Waals surface area contributed by atoms with Gasteiger partial charge in [0.1, 0.15) is 13.1 Å². The molecule has 0 heterocycles. The van der Waals surface area contributed by atoms with E-state index in [0.717, 1.165) is 12.0 Å². The summed E-state index contributed by atoms with van der Waals surface area (Å²) in [7, 11) is 2.42. The first-order chi connectivity index (χ1) is 8.21. The van der Waals surface area contributed by atoms with Crippen LogP contribution < -0.4 is 9.80 Å². The van der Waals surface area contributed by atoms with E-state index in [2.05, 4.69) is 27.8 Å². The Morgan fingerprint density at radius 2 is 1.47 bits per heavy atom. The van der Waals surface area contributed by atoms with Gasteiger partial charge in [-0.3, -0.25) is 0 Å². The van der Waals surface area contributed by atoms with E-state index < -0.39 is 0 Å². The molecule has 0 amide bonds. The molecule has 102 valence electrons. The summed E-state index contributed by atoms with van der Waals surface area (Å²) in [6.45, 7) is 12.2. The molecule has 1 fully saturated rings. The van der Waals surface area contributed by atoms with Gasteiger partial charge in [-0.25, -0.2) is 0 Å². The van der Waals surface area contributed by atoms with Gasteiger partial charge in [-0.05, 0) is 45.4 Å². The molecule has 2 heteroatoms. The smallest absolute Gasteiger partial charge is 0.127 e. The standard InChI is InChI=1S/C15H32N2/c1-5-14-8-10-15(11-9-14)16(4)12-13-17(6-2)7-3/h14-15H,5-13H2,1-4H3/p+2. The molecule has 1 saturated carbocycles. The summed E-state index contributed by atoms with van der Waals surface area (Å²) in [6, 6.07) is 0.952. The fraction of sp³-hybridized carbons (Fsp3) is 1.00. The van der Waals surface area contributed by atoms with E-state index in [-0.39, 0.29) is 0 Å². The van der Waals surface area contributed by atoms with Gasteiger partial charge < -0.3 is 9.80 Å². The van der Waals surface area contributed by atoms with Gasteiger partial charge in [0.25, 0.3) is 0 Å². The van der Waals surface area contributed by atoms with Gasteiger partial charge in [0.15, 0.2) is 0 Å². The van der Waals surface area contributed by atoms with Gasteiger partial charge in [0, 0.05) is 0 Å². The fourth-order valence-electron chi connectivity index (χ4n) is 3.25. The Labute approximate surface area is 108 Å². The van der Waals surface area contributed by atoms with Crippen molar-refractivity contribution in [3.8, 4) is 0 Å². The van der Waals surface area contributed by atoms with Crippen molar-refractivity contribution in [3.63, 3.8) is 0 Å². The second-order valence-corrected chi connectivity index (χ2v) is 5.93. The number of hydrogen-bond acceptors (Lipinski definition) is 0. The Morgan fingerprint density at radius 3 is 1.94 bits per heavy atom. The number of rotatable bonds is 7. The fourth-order valence-corrected chi connectivity index (χ4v) is 3.25. The maximum absolute atomic E-state index is 2.42. The highest BCUT2D eigenvalue weighted by Crippen LogP contribution is 2.24. The van der Waals surface area contributed by atoms with Gasteiger partial charge in [-0.1, -0.05) is 13.3 Å². The van der Waals surface area contributed by atoms with Crippen molar-refractivity contribution in [3.05, 3.63) is 0 Å². The minimum absolute atomic E-state index is 0.952. The largest absolute Gasteiger partial charge is 0.331 e. The van der Waals surface area contributed by atoms with Crippen molar-refractivity contribution in [2.75, 3.05) is 33.2 Å². The van der Waals surface area contributed by atoms with Crippen molar-refractivity contribution >= 4 is 0 Å². The Balaban J connectivity index is 2.22. The zero-order chi connectivity index (χ0) is 12.7. The lowest BCUT2D eigenvalue weighted by molar-refractivity contribution is -0.959. The van der Waals surface area contributed by atoms with E-state index in [1.165, 1.54) is 58.3 Å². The zero-order valence-corrected chi connectivity index (χ0v) is 12.5. The minimum atomic E-state index is 0.952. The molecule has 0 spiro atoms. The molecule has 0 saturated heterocycles. The minimum Gasteiger partial charge on any atom is -0.331 e. The van der Waals surface area contributed by atoms with Crippen LogP contribution in [0, 0.1) is 5.92 Å². The molecule has 1 aliphatic carbocycles. The molecule has 0 aromatic rings. The third kappa shape index (κ3) is 4.97. The molecular formula is C15H34N2+2. The summed E-state index contributed by atoms with van der Waals surface area (Å²) in [5.41, 5.74) is 0. The summed E-state index contributed by atoms with van der Waals surface area (Å²) in [5, 5.41) is 0. The number of hydrogen-bond donors (Lipinski definition) is 2. The highest BCUT2D eigenvalue weighted by Gasteiger charge is 2.26. The van der Waals surface area contributed by atoms with Gasteiger partial charge in [-0.15, -0.1) is 0 Å². The zero-order valence-electron chi connectivity index (χ0n) is 12.5. The van der Waals surface area contributed by atoms with Gasteiger partial charge >= 0.3 is 0 Å². The van der Waals surface area contributed by atoms with Gasteiger partial charge in [0.05, 0.1) is 26.2 Å². The number of quaternary nitrogens is 2. The Bertz CT molecular complexity index is 181. The van der Waals surface area contributed by atoms with E-state index in [1.807, 2.05) is 0 Å². The average molecular weight is 242 g/mol. The lowest BCUT2D eigenvalue weighted by Gasteiger charge is -2.32. The van der Waals surface area contributed by atoms with Gasteiger partial charge in [0.2, 0.25) is 0 Å². The van der Waals surface area contributed by atoms with Crippen molar-refractivity contribution in [1.29, 1.82) is 0 Å². The van der Waals surface area contributed by atoms with Crippen molar-refractivity contribution in [1.82, 2.24) is 0 Å². The molecule has 0 aromatic carbocycles. The molecule has 1 rings (SSSR count). The predicted molar refractivity (Wildman–Crippen MR) is 74.7 cm³/mol. The summed E-state index contributed by atoms with van der Waals surface area (Å²) in [4.78, 5) is 3.55. The molecule has 1 unspecified atom stereocenters. The van der Waals surface area contributed by atoms with Crippen LogP contribution in [0.5, 0.6) is 0 Å². The summed E-state index contributed by atoms with van der Waals surface area (Å²) < 4.78 is 0. The molecule has 1 aliphatic rings. The lowest BCUT2D eigenvalue weighted by atomic mass is 9.84. The molecule has 0 bridgehead atoms. The third-order valence-corrected chi connectivity index (χ3v) is 4.99. The van der Waals surface area contributed by atoms with Crippen LogP contribution >= 0.6 is 0 Å². The van der Waals surface area contributed by atoms with Crippen LogP contribution in [0.2, 0.25) is 0 Å². The maximum atomic E-state index is 2.42. The third-order valence-electron chi connectivity index (χ3n) is 4.99. The summed E-state index contributed by atoms with van der Waals surface area (Å²) in [5.74, 6) is 1.03. The van der Waals surface area contributed by atoms with E-state index >= 15 is 0 Å². The van der Waals surface area contributed by atoms with E-state index in [9.17, 15) is 0 Å². The Kier molecular flexibility index (Phi) is 7.14. The number of likely N-dealkylation sites (N-methyl/N-ethyl adjacent to an activating group) is 2. The second kappa shape index (κ2) is 8.10. The highest BCUT2D eigenvalue weighted by atomic mass is 15.2. The summed E-state index contributed by atoms with van der Waals surface area (Å²) >= 11 is 0. The molecular weight excluding hydrogens is 208 g/mol. The Hall–Kier alpha value is -0.0800. The van der Waals surface area contributed by atoms with Crippen LogP contribution in [0.25, 0.3) is 0 Å². The first-order valence-corrected chi connectivity index (χ1v) is 7.87. The molecule has 2 nitrogen and oxygen atoms in total. The second-order valence-electron chi connectivity index (χ2n) is 5.93. The quantitative estimate of drug-likeness (QED) is 0.639. The topological polar surface area (TPSA) is 8.88 Å². The molecule has 0 aromatic heterocycles. The predicted octanol–water partition coefficient (Wildman–Crippen LogP) is 0.395. The van der Waals surface area contributed by atoms with Crippen LogP contribution in [0.15, 0.2) is 0 Å². The lowest BCUT2D eigenvalue weighted by Crippen LogP contribution is -3.20. The van der Waals surface area contributed by atoms with Crippen molar-refractivity contribution < 1.29 is 9.80 Å². The van der Waals surface area contributed by atoms with Crippen LogP contribution in [0.4, 0.5) is 0 Å². The van der Waals surface area contributed by atoms with Crippen LogP contribution in [-0.4, -0.2) is 39.3 Å². The SMILES string of the molecule is CCC1CCC([NH+](C)CC[NH+](CC)CC)CC1. The number of nitrogens with one attached hydrogen (secondary N) is 2. The van der Waals surface area contributed by atoms with Crippen LogP contribution in [0.3, 0.4) is 0 Å². The first-order valence-electron chi connectivity index (χ1n) is 7.87. The van der Waals surface area contributed by atoms with Crippen LogP contribution in [-0.2, 0) is 0 Å². The van der Waals surface area contributed by atoms with Gasteiger partial charge in [-0.2, -0.15) is 0 Å². The normalized spacial score (nSPS) is 27.4. The van der Waals surface area contributed by atoms with Crippen LogP contribution in [0.1, 0.15) is 52.9 Å². The molecule has 0 aliphatic heterocycles. The average Bonchev–Trinajstić information content (AvgIpc) is 2.39. The molecule has 17 heavy (non-hydrogen) atoms. The van der Waals surface area contributed by atoms with Crippen molar-refractivity contribution in [2.24, 2.45) is 5.92 Å².